The van der Waals surface area contributed by atoms with E-state index in [2.05, 4.69) is 25.0 Å². The van der Waals surface area contributed by atoms with Gasteiger partial charge < -0.3 is 4.42 Å². The zero-order valence-corrected chi connectivity index (χ0v) is 15.5. The van der Waals surface area contributed by atoms with Gasteiger partial charge in [-0.3, -0.25) is 9.48 Å². The standard InChI is InChI=1S/C22H20N2O3/c1-13(2)17-10-18-15(9-22(26)27-21(18)8-14(17)3)12-24-19-7-5-4-6-16(19)20(25)11-23-24/h4-11,13H,12H2,1-3H3. The third-order valence-electron chi connectivity index (χ3n) is 4.92. The number of hydrogen-bond acceptors (Lipinski definition) is 4. The van der Waals surface area contributed by atoms with Gasteiger partial charge in [0.1, 0.15) is 5.58 Å². The predicted octanol–water partition coefficient (Wildman–Crippen LogP) is 3.98. The Bertz CT molecular complexity index is 1280. The van der Waals surface area contributed by atoms with E-state index in [1.807, 2.05) is 31.2 Å². The van der Waals surface area contributed by atoms with Crippen LogP contribution in [0.2, 0.25) is 0 Å². The van der Waals surface area contributed by atoms with Crippen molar-refractivity contribution in [2.24, 2.45) is 0 Å². The van der Waals surface area contributed by atoms with Gasteiger partial charge in [0.15, 0.2) is 0 Å². The first-order valence-electron chi connectivity index (χ1n) is 8.96. The average molecular weight is 360 g/mol. The van der Waals surface area contributed by atoms with Crippen molar-refractivity contribution in [1.29, 1.82) is 0 Å². The molecule has 0 N–H and O–H groups in total. The fourth-order valence-electron chi connectivity index (χ4n) is 3.59. The highest BCUT2D eigenvalue weighted by Crippen LogP contribution is 2.27. The molecule has 136 valence electrons. The fourth-order valence-corrected chi connectivity index (χ4v) is 3.59. The molecule has 0 saturated carbocycles. The van der Waals surface area contributed by atoms with Crippen LogP contribution < -0.4 is 11.1 Å². The van der Waals surface area contributed by atoms with E-state index in [9.17, 15) is 9.59 Å². The Morgan fingerprint density at radius 1 is 1.07 bits per heavy atom. The normalized spacial score (nSPS) is 11.6. The summed E-state index contributed by atoms with van der Waals surface area (Å²) in [6, 6.07) is 12.9. The van der Waals surface area contributed by atoms with Gasteiger partial charge in [0.2, 0.25) is 5.43 Å². The van der Waals surface area contributed by atoms with E-state index < -0.39 is 0 Å². The molecule has 5 nitrogen and oxygen atoms in total. The summed E-state index contributed by atoms with van der Waals surface area (Å²) in [5.41, 5.74) is 3.95. The predicted molar refractivity (Wildman–Crippen MR) is 106 cm³/mol. The zero-order chi connectivity index (χ0) is 19.1. The van der Waals surface area contributed by atoms with Gasteiger partial charge in [0.25, 0.3) is 0 Å². The molecule has 0 bridgehead atoms. The number of nitrogens with zero attached hydrogens (tertiary/aromatic N) is 2. The molecule has 0 spiro atoms. The lowest BCUT2D eigenvalue weighted by molar-refractivity contribution is 0.556. The molecule has 0 aliphatic carbocycles. The van der Waals surface area contributed by atoms with E-state index in [0.29, 0.717) is 23.4 Å². The minimum Gasteiger partial charge on any atom is -0.423 e. The highest BCUT2D eigenvalue weighted by Gasteiger charge is 2.13. The maximum absolute atomic E-state index is 12.1. The first-order chi connectivity index (χ1) is 12.9. The molecule has 0 unspecified atom stereocenters. The number of rotatable bonds is 3. The van der Waals surface area contributed by atoms with E-state index >= 15 is 0 Å². The summed E-state index contributed by atoms with van der Waals surface area (Å²) < 4.78 is 7.18. The molecule has 5 heteroatoms. The van der Waals surface area contributed by atoms with E-state index in [4.69, 9.17) is 4.42 Å². The molecule has 0 aliphatic rings. The van der Waals surface area contributed by atoms with Crippen molar-refractivity contribution in [3.8, 4) is 0 Å². The maximum Gasteiger partial charge on any atom is 0.336 e. The third-order valence-corrected chi connectivity index (χ3v) is 4.92. The monoisotopic (exact) mass is 360 g/mol. The van der Waals surface area contributed by atoms with Gasteiger partial charge >= 0.3 is 5.63 Å². The van der Waals surface area contributed by atoms with Gasteiger partial charge in [-0.1, -0.05) is 26.0 Å². The summed E-state index contributed by atoms with van der Waals surface area (Å²) in [5, 5.41) is 5.79. The summed E-state index contributed by atoms with van der Waals surface area (Å²) in [6.07, 6.45) is 1.32. The molecule has 2 aromatic heterocycles. The molecular formula is C22H20N2O3. The van der Waals surface area contributed by atoms with Crippen LogP contribution in [0.4, 0.5) is 0 Å². The summed E-state index contributed by atoms with van der Waals surface area (Å²) in [7, 11) is 0. The summed E-state index contributed by atoms with van der Waals surface area (Å²) in [6.45, 7) is 6.69. The molecule has 4 aromatic rings. The van der Waals surface area contributed by atoms with Crippen LogP contribution in [-0.2, 0) is 6.54 Å². The fraction of sp³-hybridized carbons (Fsp3) is 0.227. The van der Waals surface area contributed by atoms with Crippen molar-refractivity contribution < 1.29 is 4.42 Å². The second kappa shape index (κ2) is 6.50. The van der Waals surface area contributed by atoms with E-state index in [1.54, 1.807) is 10.7 Å². The van der Waals surface area contributed by atoms with Crippen LogP contribution in [-0.4, -0.2) is 9.78 Å². The van der Waals surface area contributed by atoms with Crippen LogP contribution in [0.15, 0.2) is 62.7 Å². The van der Waals surface area contributed by atoms with E-state index in [0.717, 1.165) is 22.0 Å². The van der Waals surface area contributed by atoms with Crippen LogP contribution in [0.5, 0.6) is 0 Å². The molecule has 0 aliphatic heterocycles. The quantitative estimate of drug-likeness (QED) is 0.518. The van der Waals surface area contributed by atoms with Crippen molar-refractivity contribution in [2.75, 3.05) is 0 Å². The van der Waals surface area contributed by atoms with Crippen molar-refractivity contribution in [3.05, 3.63) is 86.0 Å². The largest absolute Gasteiger partial charge is 0.423 e. The zero-order valence-electron chi connectivity index (χ0n) is 15.5. The molecule has 4 rings (SSSR count). The lowest BCUT2D eigenvalue weighted by atomic mass is 9.95. The molecule has 0 atom stereocenters. The summed E-state index contributed by atoms with van der Waals surface area (Å²) in [5.74, 6) is 0.362. The molecule has 2 aromatic carbocycles. The molecule has 0 radical (unpaired) electrons. The molecule has 27 heavy (non-hydrogen) atoms. The number of benzene rings is 2. The Labute approximate surface area is 155 Å². The van der Waals surface area contributed by atoms with Gasteiger partial charge in [-0.25, -0.2) is 4.79 Å². The Morgan fingerprint density at radius 2 is 1.85 bits per heavy atom. The van der Waals surface area contributed by atoms with Crippen LogP contribution in [0.25, 0.3) is 21.9 Å². The van der Waals surface area contributed by atoms with Crippen LogP contribution in [0.3, 0.4) is 0 Å². The second-order valence-corrected chi connectivity index (χ2v) is 7.13. The Hall–Kier alpha value is -3.21. The highest BCUT2D eigenvalue weighted by molar-refractivity contribution is 5.83. The van der Waals surface area contributed by atoms with Crippen molar-refractivity contribution in [3.63, 3.8) is 0 Å². The highest BCUT2D eigenvalue weighted by atomic mass is 16.4. The van der Waals surface area contributed by atoms with Gasteiger partial charge in [-0.05, 0) is 53.8 Å². The lowest BCUT2D eigenvalue weighted by Crippen LogP contribution is -2.14. The molecular weight excluding hydrogens is 340 g/mol. The van der Waals surface area contributed by atoms with Gasteiger partial charge in [0.05, 0.1) is 18.3 Å². The number of para-hydroxylation sites is 1. The van der Waals surface area contributed by atoms with Crippen molar-refractivity contribution in [2.45, 2.75) is 33.2 Å². The van der Waals surface area contributed by atoms with Crippen molar-refractivity contribution in [1.82, 2.24) is 9.78 Å². The first kappa shape index (κ1) is 17.2. The lowest BCUT2D eigenvalue weighted by Gasteiger charge is -2.14. The maximum atomic E-state index is 12.1. The van der Waals surface area contributed by atoms with Crippen LogP contribution in [0, 0.1) is 6.92 Å². The SMILES string of the molecule is Cc1cc2oc(=O)cc(Cn3ncc(=O)c4ccccc43)c2cc1C(C)C. The Balaban J connectivity index is 1.95. The van der Waals surface area contributed by atoms with Gasteiger partial charge in [-0.15, -0.1) is 0 Å². The summed E-state index contributed by atoms with van der Waals surface area (Å²) in [4.78, 5) is 24.2. The number of fused-ring (bicyclic) bond motifs is 2. The van der Waals surface area contributed by atoms with Gasteiger partial charge in [0, 0.05) is 16.8 Å². The van der Waals surface area contributed by atoms with Crippen LogP contribution in [0.1, 0.15) is 36.5 Å². The van der Waals surface area contributed by atoms with E-state index in [1.165, 1.54) is 17.8 Å². The van der Waals surface area contributed by atoms with Crippen molar-refractivity contribution >= 4 is 21.9 Å². The molecule has 0 fully saturated rings. The topological polar surface area (TPSA) is 65.1 Å². The molecule has 0 saturated heterocycles. The Kier molecular flexibility index (Phi) is 4.15. The average Bonchev–Trinajstić information content (AvgIpc) is 2.63. The number of hydrogen-bond donors (Lipinski definition) is 0. The minimum atomic E-state index is -0.389. The Morgan fingerprint density at radius 3 is 2.63 bits per heavy atom. The molecule has 2 heterocycles. The smallest absolute Gasteiger partial charge is 0.336 e. The summed E-state index contributed by atoms with van der Waals surface area (Å²) >= 11 is 0. The number of aryl methyl sites for hydroxylation is 1. The van der Waals surface area contributed by atoms with Gasteiger partial charge in [-0.2, -0.15) is 5.10 Å². The molecule has 0 amide bonds. The first-order valence-corrected chi connectivity index (χ1v) is 8.96. The third kappa shape index (κ3) is 3.05. The number of aromatic nitrogens is 2. The second-order valence-electron chi connectivity index (χ2n) is 7.13. The van der Waals surface area contributed by atoms with E-state index in [-0.39, 0.29) is 11.1 Å². The minimum absolute atomic E-state index is 0.114. The van der Waals surface area contributed by atoms with Crippen LogP contribution >= 0.6 is 0 Å².